The molecule has 0 aliphatic carbocycles. The highest BCUT2D eigenvalue weighted by Crippen LogP contribution is 2.19. The van der Waals surface area contributed by atoms with Gasteiger partial charge in [-0.1, -0.05) is 48.5 Å². The number of para-hydroxylation sites is 1. The van der Waals surface area contributed by atoms with Gasteiger partial charge in [-0.25, -0.2) is 0 Å². The molecule has 1 aliphatic heterocycles. The minimum Gasteiger partial charge on any atom is -0.496 e. The SMILES string of the molecule is COc1ccccc1CCC(=O)N1CCN(C(=O)CCc2ccccc2)CC1. The van der Waals surface area contributed by atoms with Crippen molar-refractivity contribution >= 4 is 11.8 Å². The average molecular weight is 380 g/mol. The summed E-state index contributed by atoms with van der Waals surface area (Å²) in [6, 6.07) is 17.9. The molecular formula is C23H28N2O3. The summed E-state index contributed by atoms with van der Waals surface area (Å²) in [7, 11) is 1.65. The number of ether oxygens (including phenoxy) is 1. The Labute approximate surface area is 166 Å². The number of hydrogen-bond donors (Lipinski definition) is 0. The normalized spacial score (nSPS) is 14.0. The molecule has 1 saturated heterocycles. The number of carbonyl (C=O) groups is 2. The molecule has 1 heterocycles. The highest BCUT2D eigenvalue weighted by atomic mass is 16.5. The van der Waals surface area contributed by atoms with Crippen LogP contribution in [0.15, 0.2) is 54.6 Å². The molecule has 5 heteroatoms. The van der Waals surface area contributed by atoms with E-state index in [2.05, 4.69) is 0 Å². The second kappa shape index (κ2) is 9.93. The maximum atomic E-state index is 12.5. The number of benzene rings is 2. The number of aryl methyl sites for hydroxylation is 2. The molecule has 0 spiro atoms. The second-order valence-electron chi connectivity index (χ2n) is 7.06. The Bertz CT molecular complexity index is 783. The number of methoxy groups -OCH3 is 1. The van der Waals surface area contributed by atoms with Gasteiger partial charge in [-0.05, 0) is 30.0 Å². The minimum atomic E-state index is 0.141. The molecule has 2 aromatic rings. The fraction of sp³-hybridized carbons (Fsp3) is 0.391. The number of amides is 2. The topological polar surface area (TPSA) is 49.9 Å². The molecule has 28 heavy (non-hydrogen) atoms. The van der Waals surface area contributed by atoms with Crippen molar-refractivity contribution in [3.63, 3.8) is 0 Å². The number of rotatable bonds is 7. The quantitative estimate of drug-likeness (QED) is 0.742. The van der Waals surface area contributed by atoms with Crippen molar-refractivity contribution in [1.82, 2.24) is 9.80 Å². The fourth-order valence-corrected chi connectivity index (χ4v) is 3.57. The summed E-state index contributed by atoms with van der Waals surface area (Å²) < 4.78 is 5.35. The maximum Gasteiger partial charge on any atom is 0.223 e. The molecule has 2 aromatic carbocycles. The van der Waals surface area contributed by atoms with Crippen LogP contribution in [0.2, 0.25) is 0 Å². The molecule has 0 unspecified atom stereocenters. The molecule has 0 atom stereocenters. The van der Waals surface area contributed by atoms with Crippen LogP contribution in [0.25, 0.3) is 0 Å². The zero-order valence-electron chi connectivity index (χ0n) is 16.5. The maximum absolute atomic E-state index is 12.5. The molecule has 1 fully saturated rings. The van der Waals surface area contributed by atoms with Crippen LogP contribution in [0.1, 0.15) is 24.0 Å². The number of carbonyl (C=O) groups excluding carboxylic acids is 2. The first-order chi connectivity index (χ1) is 13.7. The van der Waals surface area contributed by atoms with Crippen LogP contribution in [0.4, 0.5) is 0 Å². The summed E-state index contributed by atoms with van der Waals surface area (Å²) in [6.45, 7) is 2.46. The first kappa shape index (κ1) is 19.9. The zero-order chi connectivity index (χ0) is 19.8. The number of hydrogen-bond acceptors (Lipinski definition) is 3. The van der Waals surface area contributed by atoms with Crippen LogP contribution in [0, 0.1) is 0 Å². The Morgan fingerprint density at radius 2 is 1.32 bits per heavy atom. The third-order valence-electron chi connectivity index (χ3n) is 5.26. The molecule has 0 saturated carbocycles. The summed E-state index contributed by atoms with van der Waals surface area (Å²) in [5.41, 5.74) is 2.23. The van der Waals surface area contributed by atoms with E-state index in [1.165, 1.54) is 5.56 Å². The molecule has 2 amide bonds. The Balaban J connectivity index is 1.41. The summed E-state index contributed by atoms with van der Waals surface area (Å²) in [6.07, 6.45) is 2.41. The Hall–Kier alpha value is -2.82. The van der Waals surface area contributed by atoms with Crippen LogP contribution < -0.4 is 4.74 Å². The lowest BCUT2D eigenvalue weighted by molar-refractivity contribution is -0.139. The van der Waals surface area contributed by atoms with E-state index in [-0.39, 0.29) is 11.8 Å². The highest BCUT2D eigenvalue weighted by Gasteiger charge is 2.23. The van der Waals surface area contributed by atoms with Crippen LogP contribution in [-0.2, 0) is 22.4 Å². The molecule has 148 valence electrons. The van der Waals surface area contributed by atoms with Crippen LogP contribution >= 0.6 is 0 Å². The Morgan fingerprint density at radius 3 is 1.93 bits per heavy atom. The monoisotopic (exact) mass is 380 g/mol. The van der Waals surface area contributed by atoms with Crippen molar-refractivity contribution < 1.29 is 14.3 Å². The van der Waals surface area contributed by atoms with Crippen molar-refractivity contribution in [2.24, 2.45) is 0 Å². The largest absolute Gasteiger partial charge is 0.496 e. The predicted molar refractivity (Wildman–Crippen MR) is 109 cm³/mol. The van der Waals surface area contributed by atoms with Crippen molar-refractivity contribution in [3.8, 4) is 5.75 Å². The van der Waals surface area contributed by atoms with Gasteiger partial charge in [0.15, 0.2) is 0 Å². The van der Waals surface area contributed by atoms with Crippen molar-refractivity contribution in [3.05, 3.63) is 65.7 Å². The molecular weight excluding hydrogens is 352 g/mol. The van der Waals surface area contributed by atoms with E-state index < -0.39 is 0 Å². The fourth-order valence-electron chi connectivity index (χ4n) is 3.57. The lowest BCUT2D eigenvalue weighted by Crippen LogP contribution is -2.50. The third-order valence-corrected chi connectivity index (χ3v) is 5.26. The van der Waals surface area contributed by atoms with E-state index in [0.717, 1.165) is 17.7 Å². The molecule has 0 radical (unpaired) electrons. The average Bonchev–Trinajstić information content (AvgIpc) is 2.76. The van der Waals surface area contributed by atoms with Crippen molar-refractivity contribution in [2.45, 2.75) is 25.7 Å². The predicted octanol–water partition coefficient (Wildman–Crippen LogP) is 2.93. The number of piperazine rings is 1. The summed E-state index contributed by atoms with van der Waals surface area (Å²) in [5, 5.41) is 0. The molecule has 5 nitrogen and oxygen atoms in total. The summed E-state index contributed by atoms with van der Waals surface area (Å²) in [4.78, 5) is 28.7. The minimum absolute atomic E-state index is 0.141. The van der Waals surface area contributed by atoms with Gasteiger partial charge in [-0.3, -0.25) is 9.59 Å². The molecule has 0 bridgehead atoms. The van der Waals surface area contributed by atoms with Gasteiger partial charge in [0.1, 0.15) is 5.75 Å². The van der Waals surface area contributed by atoms with Crippen molar-refractivity contribution in [1.29, 1.82) is 0 Å². The first-order valence-electron chi connectivity index (χ1n) is 9.88. The first-order valence-corrected chi connectivity index (χ1v) is 9.88. The summed E-state index contributed by atoms with van der Waals surface area (Å²) in [5.74, 6) is 1.14. The van der Waals surface area contributed by atoms with Crippen molar-refractivity contribution in [2.75, 3.05) is 33.3 Å². The van der Waals surface area contributed by atoms with Gasteiger partial charge in [0.05, 0.1) is 7.11 Å². The molecule has 3 rings (SSSR count). The molecule has 1 aliphatic rings. The molecule has 0 aromatic heterocycles. The smallest absolute Gasteiger partial charge is 0.223 e. The standard InChI is InChI=1S/C23H28N2O3/c1-28-21-10-6-5-9-20(21)12-14-23(27)25-17-15-24(16-18-25)22(26)13-11-19-7-3-2-4-8-19/h2-10H,11-18H2,1H3. The van der Waals surface area contributed by atoms with Gasteiger partial charge in [0, 0.05) is 39.0 Å². The van der Waals surface area contributed by atoms with Gasteiger partial charge >= 0.3 is 0 Å². The van der Waals surface area contributed by atoms with Gasteiger partial charge in [-0.2, -0.15) is 0 Å². The molecule has 0 N–H and O–H groups in total. The number of nitrogens with zero attached hydrogens (tertiary/aromatic N) is 2. The summed E-state index contributed by atoms with van der Waals surface area (Å²) >= 11 is 0. The van der Waals surface area contributed by atoms with Gasteiger partial charge in [-0.15, -0.1) is 0 Å². The van der Waals surface area contributed by atoms with Crippen LogP contribution in [-0.4, -0.2) is 54.9 Å². The second-order valence-corrected chi connectivity index (χ2v) is 7.06. The van der Waals surface area contributed by atoms with Crippen LogP contribution in [0.3, 0.4) is 0 Å². The van der Waals surface area contributed by atoms with E-state index in [4.69, 9.17) is 4.74 Å². The Kier molecular flexibility index (Phi) is 7.06. The third kappa shape index (κ3) is 5.35. The van der Waals surface area contributed by atoms with Gasteiger partial charge in [0.25, 0.3) is 0 Å². The van der Waals surface area contributed by atoms with Gasteiger partial charge in [0.2, 0.25) is 11.8 Å². The highest BCUT2D eigenvalue weighted by molar-refractivity contribution is 5.78. The van der Waals surface area contributed by atoms with Crippen LogP contribution in [0.5, 0.6) is 5.75 Å². The lowest BCUT2D eigenvalue weighted by atomic mass is 10.1. The van der Waals surface area contributed by atoms with E-state index in [1.54, 1.807) is 7.11 Å². The van der Waals surface area contributed by atoms with Gasteiger partial charge < -0.3 is 14.5 Å². The van der Waals surface area contributed by atoms with E-state index in [9.17, 15) is 9.59 Å². The van der Waals surface area contributed by atoms with E-state index in [0.29, 0.717) is 45.4 Å². The Morgan fingerprint density at radius 1 is 0.786 bits per heavy atom. The zero-order valence-corrected chi connectivity index (χ0v) is 16.5. The lowest BCUT2D eigenvalue weighted by Gasteiger charge is -2.35. The van der Waals surface area contributed by atoms with E-state index in [1.807, 2.05) is 64.4 Å². The van der Waals surface area contributed by atoms with E-state index >= 15 is 0 Å².